The van der Waals surface area contributed by atoms with Gasteiger partial charge in [-0.3, -0.25) is 4.68 Å². The van der Waals surface area contributed by atoms with Gasteiger partial charge in [0.25, 0.3) is 0 Å². The second-order valence-electron chi connectivity index (χ2n) is 10.2. The lowest BCUT2D eigenvalue weighted by atomic mass is 9.50. The number of aryl methyl sites for hydroxylation is 2. The van der Waals surface area contributed by atoms with Crippen molar-refractivity contribution in [3.05, 3.63) is 65.5 Å². The van der Waals surface area contributed by atoms with Crippen LogP contribution in [-0.4, -0.2) is 36.3 Å². The van der Waals surface area contributed by atoms with Crippen LogP contribution in [0.4, 0.5) is 8.78 Å². The van der Waals surface area contributed by atoms with Crippen LogP contribution in [0.25, 0.3) is 22.4 Å². The third-order valence-corrected chi connectivity index (χ3v) is 7.71. The minimum Gasteiger partial charge on any atom is -0.373 e. The van der Waals surface area contributed by atoms with E-state index < -0.39 is 11.6 Å². The normalized spacial score (nSPS) is 24.4. The van der Waals surface area contributed by atoms with Crippen LogP contribution in [0.2, 0.25) is 0 Å². The lowest BCUT2D eigenvalue weighted by molar-refractivity contribution is -0.0980. The van der Waals surface area contributed by atoms with Gasteiger partial charge < -0.3 is 4.74 Å². The van der Waals surface area contributed by atoms with E-state index in [2.05, 4.69) is 35.9 Å². The smallest absolute Gasteiger partial charge is 0.182 e. The molecule has 8 rings (SSSR count). The molecule has 2 bridgehead atoms. The number of halogens is 2. The van der Waals surface area contributed by atoms with Crippen molar-refractivity contribution in [2.45, 2.75) is 64.0 Å². The quantitative estimate of drug-likeness (QED) is 0.371. The molecule has 1 aliphatic heterocycles. The first-order valence-electron chi connectivity index (χ1n) is 12.5. The zero-order valence-corrected chi connectivity index (χ0v) is 20.4. The SMILES string of the molecule is Cc1nc2ncnc(-c3ccc(F)cc3F)c2nc1C.c1nn(C23CC(C2)C3)cc1[C@@H]1CCCCO1. The summed E-state index contributed by atoms with van der Waals surface area (Å²) in [5.74, 6) is -0.314. The van der Waals surface area contributed by atoms with E-state index in [1.54, 1.807) is 6.92 Å². The predicted molar refractivity (Wildman–Crippen MR) is 130 cm³/mol. The summed E-state index contributed by atoms with van der Waals surface area (Å²) in [6.45, 7) is 4.55. The van der Waals surface area contributed by atoms with Gasteiger partial charge in [-0.1, -0.05) is 0 Å². The minimum absolute atomic E-state index is 0.177. The molecular formula is C27H28F2N6O. The molecule has 3 saturated carbocycles. The molecule has 1 atom stereocenters. The lowest BCUT2D eigenvalue weighted by Crippen LogP contribution is -2.59. The second kappa shape index (κ2) is 8.96. The van der Waals surface area contributed by atoms with Gasteiger partial charge in [0.2, 0.25) is 0 Å². The molecule has 7 nitrogen and oxygen atoms in total. The van der Waals surface area contributed by atoms with E-state index >= 15 is 0 Å². The minimum atomic E-state index is -0.690. The zero-order valence-electron chi connectivity index (χ0n) is 20.4. The lowest BCUT2D eigenvalue weighted by Gasteiger charge is -2.61. The summed E-state index contributed by atoms with van der Waals surface area (Å²) in [5.41, 5.74) is 4.47. The number of aromatic nitrogens is 6. The van der Waals surface area contributed by atoms with Gasteiger partial charge in [0, 0.05) is 30.0 Å². The summed E-state index contributed by atoms with van der Waals surface area (Å²) in [6, 6.07) is 3.34. The van der Waals surface area contributed by atoms with Crippen LogP contribution in [0.1, 0.15) is 61.6 Å². The van der Waals surface area contributed by atoms with Gasteiger partial charge >= 0.3 is 0 Å². The van der Waals surface area contributed by atoms with E-state index in [1.807, 2.05) is 13.1 Å². The van der Waals surface area contributed by atoms with E-state index in [9.17, 15) is 8.78 Å². The molecule has 0 radical (unpaired) electrons. The predicted octanol–water partition coefficient (Wildman–Crippen LogP) is 5.62. The highest BCUT2D eigenvalue weighted by atomic mass is 19.1. The van der Waals surface area contributed by atoms with Crippen molar-refractivity contribution < 1.29 is 13.5 Å². The molecule has 4 heterocycles. The first kappa shape index (κ1) is 23.1. The maximum atomic E-state index is 13.9. The third-order valence-electron chi connectivity index (χ3n) is 7.71. The van der Waals surface area contributed by atoms with Crippen molar-refractivity contribution in [2.75, 3.05) is 6.61 Å². The fourth-order valence-corrected chi connectivity index (χ4v) is 5.40. The van der Waals surface area contributed by atoms with E-state index in [-0.39, 0.29) is 5.56 Å². The molecule has 4 aliphatic rings. The molecule has 3 aliphatic carbocycles. The topological polar surface area (TPSA) is 78.6 Å². The molecular weight excluding hydrogens is 462 g/mol. The van der Waals surface area contributed by atoms with Crippen LogP contribution in [0, 0.1) is 31.4 Å². The van der Waals surface area contributed by atoms with Crippen LogP contribution >= 0.6 is 0 Å². The molecule has 1 aromatic carbocycles. The van der Waals surface area contributed by atoms with Gasteiger partial charge in [-0.2, -0.15) is 5.10 Å². The maximum Gasteiger partial charge on any atom is 0.182 e. The highest BCUT2D eigenvalue weighted by molar-refractivity contribution is 5.86. The maximum absolute atomic E-state index is 13.9. The number of benzene rings is 1. The van der Waals surface area contributed by atoms with Gasteiger partial charge in [0.1, 0.15) is 29.2 Å². The molecule has 3 aromatic heterocycles. The van der Waals surface area contributed by atoms with Crippen LogP contribution in [0.3, 0.4) is 0 Å². The molecule has 1 saturated heterocycles. The number of hydrogen-bond donors (Lipinski definition) is 0. The Morgan fingerprint density at radius 3 is 2.53 bits per heavy atom. The fourth-order valence-electron chi connectivity index (χ4n) is 5.40. The molecule has 9 heteroatoms. The Labute approximate surface area is 208 Å². The van der Waals surface area contributed by atoms with Gasteiger partial charge in [-0.25, -0.2) is 28.7 Å². The Hall–Kier alpha value is -3.33. The Kier molecular flexibility index (Phi) is 5.75. The number of rotatable bonds is 3. The van der Waals surface area contributed by atoms with Crippen LogP contribution in [0.5, 0.6) is 0 Å². The van der Waals surface area contributed by atoms with Crippen molar-refractivity contribution in [2.24, 2.45) is 5.92 Å². The number of ether oxygens (including phenoxy) is 1. The average molecular weight is 491 g/mol. The monoisotopic (exact) mass is 490 g/mol. The average Bonchev–Trinajstić information content (AvgIpc) is 3.29. The summed E-state index contributed by atoms with van der Waals surface area (Å²) in [5, 5.41) is 4.56. The molecule has 186 valence electrons. The molecule has 0 spiro atoms. The number of hydrogen-bond acceptors (Lipinski definition) is 6. The first-order chi connectivity index (χ1) is 17.4. The molecule has 4 aromatic rings. The van der Waals surface area contributed by atoms with Gasteiger partial charge in [0.05, 0.1) is 29.2 Å². The van der Waals surface area contributed by atoms with Crippen molar-refractivity contribution in [3.63, 3.8) is 0 Å². The van der Waals surface area contributed by atoms with E-state index in [4.69, 9.17) is 4.74 Å². The summed E-state index contributed by atoms with van der Waals surface area (Å²) in [4.78, 5) is 16.8. The second-order valence-corrected chi connectivity index (χ2v) is 10.2. The molecule has 36 heavy (non-hydrogen) atoms. The standard InChI is InChI=1S/C14H10F2N4.C13H18N2O/c1-7-8(2)20-14-13(19-7)12(17-6-18-14)10-4-3-9(15)5-11(10)16;1-2-4-16-12(3-1)11-8-14-15(9-11)13-5-10(6-13)7-13/h3-6H,1-2H3;8-10,12H,1-7H2/t;10?,12-,13?/m.0/s1. The van der Waals surface area contributed by atoms with Crippen LogP contribution in [-0.2, 0) is 10.3 Å². The summed E-state index contributed by atoms with van der Waals surface area (Å²) in [7, 11) is 0. The molecule has 4 fully saturated rings. The van der Waals surface area contributed by atoms with Gasteiger partial charge in [-0.15, -0.1) is 0 Å². The van der Waals surface area contributed by atoms with Crippen LogP contribution < -0.4 is 0 Å². The first-order valence-corrected chi connectivity index (χ1v) is 12.5. The number of fused-ring (bicyclic) bond motifs is 1. The molecule has 0 unspecified atom stereocenters. The highest BCUT2D eigenvalue weighted by Crippen LogP contribution is 2.62. The summed E-state index contributed by atoms with van der Waals surface area (Å²) >= 11 is 0. The van der Waals surface area contributed by atoms with E-state index in [0.29, 0.717) is 28.5 Å². The summed E-state index contributed by atoms with van der Waals surface area (Å²) in [6.07, 6.45) is 13.6. The van der Waals surface area contributed by atoms with Crippen molar-refractivity contribution >= 4 is 11.2 Å². The Morgan fingerprint density at radius 1 is 1.03 bits per heavy atom. The number of nitrogens with zero attached hydrogens (tertiary/aromatic N) is 6. The third kappa shape index (κ3) is 4.05. The largest absolute Gasteiger partial charge is 0.373 e. The molecule has 0 amide bonds. The van der Waals surface area contributed by atoms with Gasteiger partial charge in [0.15, 0.2) is 5.65 Å². The zero-order chi connectivity index (χ0) is 24.9. The summed E-state index contributed by atoms with van der Waals surface area (Å²) < 4.78 is 34.9. The van der Waals surface area contributed by atoms with Crippen LogP contribution in [0.15, 0.2) is 36.9 Å². The Bertz CT molecular complexity index is 1410. The van der Waals surface area contributed by atoms with Crippen molar-refractivity contribution in [3.8, 4) is 11.3 Å². The highest BCUT2D eigenvalue weighted by Gasteiger charge is 2.58. The fraction of sp³-hybridized carbons (Fsp3) is 0.444. The van der Waals surface area contributed by atoms with Crippen molar-refractivity contribution in [1.29, 1.82) is 0 Å². The Balaban J connectivity index is 0.000000136. The molecule has 0 N–H and O–H groups in total. The van der Waals surface area contributed by atoms with Crippen molar-refractivity contribution in [1.82, 2.24) is 29.7 Å². The van der Waals surface area contributed by atoms with Gasteiger partial charge in [-0.05, 0) is 70.4 Å². The van der Waals surface area contributed by atoms with E-state index in [0.717, 1.165) is 30.0 Å². The van der Waals surface area contributed by atoms with E-state index in [1.165, 1.54) is 62.5 Å². The Morgan fingerprint density at radius 2 is 1.83 bits per heavy atom.